The Kier molecular flexibility index (Phi) is 1.98. The maximum atomic E-state index is 10.3. The minimum atomic E-state index is -0.995. The van der Waals surface area contributed by atoms with Gasteiger partial charge in [0, 0.05) is 17.7 Å². The number of pyridine rings is 1. The van der Waals surface area contributed by atoms with E-state index in [4.69, 9.17) is 5.11 Å². The van der Waals surface area contributed by atoms with Crippen LogP contribution in [-0.2, 0) is 4.79 Å². The van der Waals surface area contributed by atoms with Gasteiger partial charge in [0.15, 0.2) is 5.65 Å². The van der Waals surface area contributed by atoms with Crippen LogP contribution in [-0.4, -0.2) is 26.3 Å². The Morgan fingerprint density at radius 1 is 1.57 bits per heavy atom. The quantitative estimate of drug-likeness (QED) is 0.692. The molecule has 0 saturated heterocycles. The Balaban J connectivity index is 2.48. The third-order valence-corrected chi connectivity index (χ3v) is 1.75. The van der Waals surface area contributed by atoms with Gasteiger partial charge >= 0.3 is 5.97 Å². The molecule has 70 valence electrons. The number of hydrogen-bond donors (Lipinski definition) is 2. The second kappa shape index (κ2) is 3.29. The van der Waals surface area contributed by atoms with Gasteiger partial charge in [0.2, 0.25) is 0 Å². The minimum Gasteiger partial charge on any atom is -0.478 e. The summed E-state index contributed by atoms with van der Waals surface area (Å²) in [7, 11) is 0. The van der Waals surface area contributed by atoms with Crippen LogP contribution in [0, 0.1) is 0 Å². The fourth-order valence-electron chi connectivity index (χ4n) is 1.15. The van der Waals surface area contributed by atoms with Crippen molar-refractivity contribution in [2.75, 3.05) is 0 Å². The van der Waals surface area contributed by atoms with Gasteiger partial charge in [-0.3, -0.25) is 5.10 Å². The van der Waals surface area contributed by atoms with E-state index in [0.717, 1.165) is 11.5 Å². The number of fused-ring (bicyclic) bond motifs is 1. The molecule has 5 nitrogen and oxygen atoms in total. The van der Waals surface area contributed by atoms with Crippen molar-refractivity contribution in [3.05, 3.63) is 30.1 Å². The predicted octanol–water partition coefficient (Wildman–Crippen LogP) is 1.06. The highest BCUT2D eigenvalue weighted by Gasteiger charge is 2.01. The zero-order chi connectivity index (χ0) is 9.97. The molecule has 0 aliphatic rings. The lowest BCUT2D eigenvalue weighted by Gasteiger charge is -1.86. The van der Waals surface area contributed by atoms with Crippen LogP contribution in [0.5, 0.6) is 0 Å². The molecule has 0 amide bonds. The largest absolute Gasteiger partial charge is 0.478 e. The summed E-state index contributed by atoms with van der Waals surface area (Å²) in [6.45, 7) is 0. The zero-order valence-corrected chi connectivity index (χ0v) is 7.14. The molecule has 0 radical (unpaired) electrons. The maximum absolute atomic E-state index is 10.3. The molecule has 0 fully saturated rings. The summed E-state index contributed by atoms with van der Waals surface area (Å²) in [6, 6.07) is 3.60. The molecule has 2 aromatic heterocycles. The van der Waals surface area contributed by atoms with Gasteiger partial charge in [-0.05, 0) is 18.2 Å². The average molecular weight is 189 g/mol. The molecule has 2 aromatic rings. The lowest BCUT2D eigenvalue weighted by Crippen LogP contribution is -1.85. The van der Waals surface area contributed by atoms with Crippen molar-refractivity contribution < 1.29 is 9.90 Å². The van der Waals surface area contributed by atoms with Gasteiger partial charge in [0.05, 0.1) is 5.69 Å². The van der Waals surface area contributed by atoms with Gasteiger partial charge < -0.3 is 5.11 Å². The Labute approximate surface area is 79.1 Å². The normalized spacial score (nSPS) is 11.1. The van der Waals surface area contributed by atoms with Crippen LogP contribution in [0.25, 0.3) is 17.1 Å². The van der Waals surface area contributed by atoms with Crippen LogP contribution in [0.4, 0.5) is 0 Å². The molecule has 0 unspecified atom stereocenters. The van der Waals surface area contributed by atoms with E-state index < -0.39 is 5.97 Å². The number of H-pyrrole nitrogens is 1. The van der Waals surface area contributed by atoms with Crippen LogP contribution < -0.4 is 0 Å². The van der Waals surface area contributed by atoms with Crippen LogP contribution in [0.2, 0.25) is 0 Å². The van der Waals surface area contributed by atoms with E-state index in [1.807, 2.05) is 6.07 Å². The van der Waals surface area contributed by atoms with Crippen LogP contribution in [0.1, 0.15) is 5.69 Å². The van der Waals surface area contributed by atoms with Crippen LogP contribution in [0.15, 0.2) is 24.4 Å². The molecule has 0 bridgehead atoms. The van der Waals surface area contributed by atoms with E-state index in [-0.39, 0.29) is 0 Å². The molecule has 5 heteroatoms. The average Bonchev–Trinajstić information content (AvgIpc) is 2.58. The van der Waals surface area contributed by atoms with Gasteiger partial charge in [-0.2, -0.15) is 5.10 Å². The summed E-state index contributed by atoms with van der Waals surface area (Å²) >= 11 is 0. The van der Waals surface area contributed by atoms with Crippen LogP contribution >= 0.6 is 0 Å². The first-order valence-corrected chi connectivity index (χ1v) is 3.97. The first-order chi connectivity index (χ1) is 6.77. The van der Waals surface area contributed by atoms with Crippen molar-refractivity contribution in [3.63, 3.8) is 0 Å². The Morgan fingerprint density at radius 2 is 2.43 bits per heavy atom. The first-order valence-electron chi connectivity index (χ1n) is 3.97. The standard InChI is InChI=1S/C9H7N3O2/c13-8(14)4-3-7-6-2-1-5-10-9(6)12-11-7/h1-5H,(H,13,14)(H,10,11,12)/b4-3+. The number of carbonyl (C=O) groups is 1. The number of carboxylic acid groups (broad SMARTS) is 1. The summed E-state index contributed by atoms with van der Waals surface area (Å²) in [5.41, 5.74) is 1.23. The van der Waals surface area contributed by atoms with Crippen molar-refractivity contribution >= 4 is 23.1 Å². The molecular formula is C9H7N3O2. The molecule has 2 N–H and O–H groups in total. The molecule has 14 heavy (non-hydrogen) atoms. The van der Waals surface area contributed by atoms with Gasteiger partial charge in [0.25, 0.3) is 0 Å². The maximum Gasteiger partial charge on any atom is 0.328 e. The Bertz CT molecular complexity index is 501. The molecule has 0 atom stereocenters. The second-order valence-corrected chi connectivity index (χ2v) is 2.68. The number of aromatic amines is 1. The summed E-state index contributed by atoms with van der Waals surface area (Å²) in [4.78, 5) is 14.3. The molecule has 0 aromatic carbocycles. The first kappa shape index (κ1) is 8.43. The molecule has 0 aliphatic carbocycles. The summed E-state index contributed by atoms with van der Waals surface area (Å²) < 4.78 is 0. The predicted molar refractivity (Wildman–Crippen MR) is 50.6 cm³/mol. The monoisotopic (exact) mass is 189 g/mol. The number of nitrogens with zero attached hydrogens (tertiary/aromatic N) is 2. The fraction of sp³-hybridized carbons (Fsp3) is 0. The van der Waals surface area contributed by atoms with Crippen molar-refractivity contribution in [2.45, 2.75) is 0 Å². The third-order valence-electron chi connectivity index (χ3n) is 1.75. The number of carboxylic acids is 1. The molecule has 2 rings (SSSR count). The topological polar surface area (TPSA) is 78.9 Å². The van der Waals surface area contributed by atoms with Gasteiger partial charge in [-0.1, -0.05) is 0 Å². The lowest BCUT2D eigenvalue weighted by molar-refractivity contribution is -0.131. The van der Waals surface area contributed by atoms with Gasteiger partial charge in [0.1, 0.15) is 0 Å². The van der Waals surface area contributed by atoms with Crippen molar-refractivity contribution in [3.8, 4) is 0 Å². The zero-order valence-electron chi connectivity index (χ0n) is 7.14. The molecular weight excluding hydrogens is 182 g/mol. The number of aliphatic carboxylic acids is 1. The highest BCUT2D eigenvalue weighted by molar-refractivity contribution is 5.90. The highest BCUT2D eigenvalue weighted by Crippen LogP contribution is 2.13. The Hall–Kier alpha value is -2.17. The van der Waals surface area contributed by atoms with Gasteiger partial charge in [-0.15, -0.1) is 0 Å². The second-order valence-electron chi connectivity index (χ2n) is 2.68. The molecule has 0 saturated carbocycles. The SMILES string of the molecule is O=C(O)/C=C/c1n[nH]c2ncccc12. The molecule has 0 aliphatic heterocycles. The Morgan fingerprint density at radius 3 is 3.21 bits per heavy atom. The highest BCUT2D eigenvalue weighted by atomic mass is 16.4. The number of nitrogens with one attached hydrogen (secondary N) is 1. The third kappa shape index (κ3) is 1.47. The van der Waals surface area contributed by atoms with E-state index in [1.54, 1.807) is 12.3 Å². The number of hydrogen-bond acceptors (Lipinski definition) is 3. The van der Waals surface area contributed by atoms with Crippen molar-refractivity contribution in [1.29, 1.82) is 0 Å². The molecule has 0 spiro atoms. The number of rotatable bonds is 2. The smallest absolute Gasteiger partial charge is 0.328 e. The number of aromatic nitrogens is 3. The van der Waals surface area contributed by atoms with E-state index in [9.17, 15) is 4.79 Å². The van der Waals surface area contributed by atoms with E-state index in [2.05, 4.69) is 15.2 Å². The van der Waals surface area contributed by atoms with Crippen molar-refractivity contribution in [2.24, 2.45) is 0 Å². The summed E-state index contributed by atoms with van der Waals surface area (Å²) in [5, 5.41) is 15.9. The molecule has 2 heterocycles. The van der Waals surface area contributed by atoms with Crippen molar-refractivity contribution in [1.82, 2.24) is 15.2 Å². The van der Waals surface area contributed by atoms with Gasteiger partial charge in [-0.25, -0.2) is 9.78 Å². The van der Waals surface area contributed by atoms with E-state index in [0.29, 0.717) is 11.3 Å². The van der Waals surface area contributed by atoms with E-state index >= 15 is 0 Å². The summed E-state index contributed by atoms with van der Waals surface area (Å²) in [6.07, 6.45) is 4.12. The summed E-state index contributed by atoms with van der Waals surface area (Å²) in [5.74, 6) is -0.995. The lowest BCUT2D eigenvalue weighted by atomic mass is 10.2. The minimum absolute atomic E-state index is 0.579. The van der Waals surface area contributed by atoms with E-state index in [1.165, 1.54) is 6.08 Å². The fourth-order valence-corrected chi connectivity index (χ4v) is 1.15. The van der Waals surface area contributed by atoms with Crippen LogP contribution in [0.3, 0.4) is 0 Å².